The van der Waals surface area contributed by atoms with Crippen LogP contribution >= 0.6 is 11.6 Å². The lowest BCUT2D eigenvalue weighted by atomic mass is 10.0. The van der Waals surface area contributed by atoms with Gasteiger partial charge in [0.2, 0.25) is 0 Å². The third-order valence-electron chi connectivity index (χ3n) is 3.64. The molecule has 0 unspecified atom stereocenters. The molecule has 0 aliphatic carbocycles. The Hall–Kier alpha value is -2.52. The summed E-state index contributed by atoms with van der Waals surface area (Å²) >= 11 is 5.68. The number of benzene rings is 3. The average molecular weight is 325 g/mol. The van der Waals surface area contributed by atoms with E-state index in [2.05, 4.69) is 35.3 Å². The summed E-state index contributed by atoms with van der Waals surface area (Å²) < 4.78 is 5.26. The maximum atomic E-state index is 5.70. The van der Waals surface area contributed by atoms with E-state index in [4.69, 9.17) is 22.1 Å². The fourth-order valence-corrected chi connectivity index (χ4v) is 2.54. The van der Waals surface area contributed by atoms with Crippen LogP contribution in [0.2, 0.25) is 0 Å². The minimum Gasteiger partial charge on any atom is -0.497 e. The number of halogens is 1. The van der Waals surface area contributed by atoms with Gasteiger partial charge in [-0.1, -0.05) is 30.3 Å². The fraction of sp³-hybridized carbons (Fsp3) is 0.105. The van der Waals surface area contributed by atoms with Gasteiger partial charge in [-0.2, -0.15) is 0 Å². The summed E-state index contributed by atoms with van der Waals surface area (Å²) in [6.07, 6.45) is 0. The fourth-order valence-electron chi connectivity index (χ4n) is 2.48. The first-order valence-electron chi connectivity index (χ1n) is 7.27. The quantitative estimate of drug-likeness (QED) is 0.428. The zero-order chi connectivity index (χ0) is 16.2. The van der Waals surface area contributed by atoms with Gasteiger partial charge in [-0.15, -0.1) is 11.6 Å². The summed E-state index contributed by atoms with van der Waals surface area (Å²) in [4.78, 5) is 4.29. The van der Waals surface area contributed by atoms with Gasteiger partial charge in [0, 0.05) is 0 Å². The van der Waals surface area contributed by atoms with Crippen LogP contribution in [0.5, 0.6) is 5.75 Å². The molecule has 0 amide bonds. The van der Waals surface area contributed by atoms with E-state index in [1.807, 2.05) is 30.3 Å². The number of aliphatic imine (C=N–C) groups is 1. The third-order valence-corrected chi connectivity index (χ3v) is 3.91. The number of fused-ring (bicyclic) bond motifs is 1. The summed E-state index contributed by atoms with van der Waals surface area (Å²) in [7, 11) is 1.67. The number of amidine groups is 1. The van der Waals surface area contributed by atoms with E-state index in [0.717, 1.165) is 33.3 Å². The van der Waals surface area contributed by atoms with Crippen molar-refractivity contribution in [1.82, 2.24) is 0 Å². The number of nitrogens with two attached hydrogens (primary N) is 1. The molecule has 0 saturated heterocycles. The molecule has 0 fully saturated rings. The van der Waals surface area contributed by atoms with Crippen molar-refractivity contribution in [2.75, 3.05) is 13.0 Å². The van der Waals surface area contributed by atoms with Crippen LogP contribution in [0, 0.1) is 0 Å². The van der Waals surface area contributed by atoms with Crippen molar-refractivity contribution in [1.29, 1.82) is 0 Å². The first kappa shape index (κ1) is 15.4. The lowest BCUT2D eigenvalue weighted by molar-refractivity contribution is 0.415. The van der Waals surface area contributed by atoms with Gasteiger partial charge in [0.1, 0.15) is 11.6 Å². The molecule has 0 atom stereocenters. The molecule has 0 heterocycles. The van der Waals surface area contributed by atoms with Gasteiger partial charge in [0.15, 0.2) is 0 Å². The van der Waals surface area contributed by atoms with Crippen molar-refractivity contribution in [3.05, 3.63) is 60.7 Å². The van der Waals surface area contributed by atoms with Gasteiger partial charge in [0.25, 0.3) is 0 Å². The highest BCUT2D eigenvalue weighted by molar-refractivity contribution is 6.28. The number of rotatable bonds is 4. The maximum absolute atomic E-state index is 5.70. The zero-order valence-corrected chi connectivity index (χ0v) is 13.5. The van der Waals surface area contributed by atoms with Gasteiger partial charge in [-0.05, 0) is 52.2 Å². The Labute approximate surface area is 140 Å². The molecule has 116 valence electrons. The van der Waals surface area contributed by atoms with Gasteiger partial charge >= 0.3 is 0 Å². The maximum Gasteiger partial charge on any atom is 0.119 e. The monoisotopic (exact) mass is 324 g/mol. The molecular weight excluding hydrogens is 308 g/mol. The number of hydrogen-bond donors (Lipinski definition) is 1. The number of alkyl halides is 1. The Kier molecular flexibility index (Phi) is 4.49. The highest BCUT2D eigenvalue weighted by Crippen LogP contribution is 2.29. The number of hydrogen-bond acceptors (Lipinski definition) is 2. The predicted molar refractivity (Wildman–Crippen MR) is 97.9 cm³/mol. The molecule has 3 rings (SSSR count). The summed E-state index contributed by atoms with van der Waals surface area (Å²) in [5.74, 6) is 1.50. The van der Waals surface area contributed by atoms with Gasteiger partial charge in [-0.3, -0.25) is 0 Å². The molecule has 0 saturated carbocycles. The third kappa shape index (κ3) is 3.46. The standard InChI is InChI=1S/C19H17ClN2O/c1-23-18-8-7-15-9-14(5-6-16(15)11-18)13-3-2-4-17(10-13)22-19(21)12-20/h2-11H,12H2,1H3,(H2,21,22). The molecule has 3 nitrogen and oxygen atoms in total. The van der Waals surface area contributed by atoms with Gasteiger partial charge in [-0.25, -0.2) is 4.99 Å². The Morgan fingerprint density at radius 2 is 1.74 bits per heavy atom. The molecule has 0 aromatic heterocycles. The second kappa shape index (κ2) is 6.71. The summed E-state index contributed by atoms with van der Waals surface area (Å²) in [5.41, 5.74) is 8.72. The average Bonchev–Trinajstić information content (AvgIpc) is 2.60. The summed E-state index contributed by atoms with van der Waals surface area (Å²) in [5, 5.41) is 2.31. The number of methoxy groups -OCH3 is 1. The smallest absolute Gasteiger partial charge is 0.119 e. The molecule has 2 N–H and O–H groups in total. The van der Waals surface area contributed by atoms with Crippen molar-refractivity contribution in [3.8, 4) is 16.9 Å². The molecule has 3 aromatic carbocycles. The highest BCUT2D eigenvalue weighted by atomic mass is 35.5. The Bertz CT molecular complexity index is 874. The highest BCUT2D eigenvalue weighted by Gasteiger charge is 2.03. The molecule has 0 bridgehead atoms. The van der Waals surface area contributed by atoms with Gasteiger partial charge < -0.3 is 10.5 Å². The minimum absolute atomic E-state index is 0.224. The summed E-state index contributed by atoms with van der Waals surface area (Å²) in [6.45, 7) is 0. The van der Waals surface area contributed by atoms with Crippen LogP contribution in [0.4, 0.5) is 5.69 Å². The van der Waals surface area contributed by atoms with Crippen molar-refractivity contribution < 1.29 is 4.74 Å². The molecular formula is C19H17ClN2O. The van der Waals surface area contributed by atoms with Crippen molar-refractivity contribution in [2.45, 2.75) is 0 Å². The zero-order valence-electron chi connectivity index (χ0n) is 12.8. The first-order chi connectivity index (χ1) is 11.2. The van der Waals surface area contributed by atoms with E-state index in [1.165, 1.54) is 0 Å². The number of nitrogens with zero attached hydrogens (tertiary/aromatic N) is 1. The molecule has 0 radical (unpaired) electrons. The van der Waals surface area contributed by atoms with Crippen LogP contribution in [-0.2, 0) is 0 Å². The molecule has 4 heteroatoms. The lowest BCUT2D eigenvalue weighted by Gasteiger charge is -2.07. The summed E-state index contributed by atoms with van der Waals surface area (Å²) in [6, 6.07) is 20.3. The van der Waals surface area contributed by atoms with E-state index in [-0.39, 0.29) is 5.88 Å². The predicted octanol–water partition coefficient (Wildman–Crippen LogP) is 4.74. The van der Waals surface area contributed by atoms with Crippen molar-refractivity contribution in [2.24, 2.45) is 10.7 Å². The Morgan fingerprint density at radius 1 is 1.00 bits per heavy atom. The van der Waals surface area contributed by atoms with E-state index in [0.29, 0.717) is 5.84 Å². The van der Waals surface area contributed by atoms with Crippen LogP contribution in [-0.4, -0.2) is 18.8 Å². The molecule has 0 aliphatic rings. The van der Waals surface area contributed by atoms with E-state index < -0.39 is 0 Å². The van der Waals surface area contributed by atoms with E-state index >= 15 is 0 Å². The van der Waals surface area contributed by atoms with Crippen LogP contribution in [0.15, 0.2) is 65.7 Å². The van der Waals surface area contributed by atoms with Crippen molar-refractivity contribution in [3.63, 3.8) is 0 Å². The van der Waals surface area contributed by atoms with E-state index in [1.54, 1.807) is 7.11 Å². The topological polar surface area (TPSA) is 47.6 Å². The second-order valence-electron chi connectivity index (χ2n) is 5.21. The van der Waals surface area contributed by atoms with Crippen LogP contribution in [0.25, 0.3) is 21.9 Å². The Balaban J connectivity index is 2.01. The van der Waals surface area contributed by atoms with Gasteiger partial charge in [0.05, 0.1) is 18.7 Å². The normalized spacial score (nSPS) is 11.7. The number of ether oxygens (including phenoxy) is 1. The van der Waals surface area contributed by atoms with Crippen molar-refractivity contribution >= 4 is 33.9 Å². The molecule has 0 aliphatic heterocycles. The molecule has 3 aromatic rings. The van der Waals surface area contributed by atoms with Crippen LogP contribution in [0.3, 0.4) is 0 Å². The Morgan fingerprint density at radius 3 is 2.52 bits per heavy atom. The minimum atomic E-state index is 0.224. The lowest BCUT2D eigenvalue weighted by Crippen LogP contribution is -2.12. The second-order valence-corrected chi connectivity index (χ2v) is 5.48. The molecule has 23 heavy (non-hydrogen) atoms. The first-order valence-corrected chi connectivity index (χ1v) is 7.80. The largest absolute Gasteiger partial charge is 0.497 e. The van der Waals surface area contributed by atoms with Crippen LogP contribution in [0.1, 0.15) is 0 Å². The SMILES string of the molecule is COc1ccc2cc(-c3cccc(N=C(N)CCl)c3)ccc2c1. The molecule has 0 spiro atoms. The van der Waals surface area contributed by atoms with Crippen LogP contribution < -0.4 is 10.5 Å². The van der Waals surface area contributed by atoms with E-state index in [9.17, 15) is 0 Å².